The van der Waals surface area contributed by atoms with Crippen molar-refractivity contribution in [2.45, 2.75) is 37.6 Å². The van der Waals surface area contributed by atoms with Crippen LogP contribution in [0.15, 0.2) is 84.6 Å². The summed E-state index contributed by atoms with van der Waals surface area (Å²) in [5, 5.41) is 3.23. The molecule has 4 heteroatoms. The molecule has 4 nitrogen and oxygen atoms in total. The number of carbonyl (C=O) groups is 1. The van der Waals surface area contributed by atoms with Crippen LogP contribution in [0.25, 0.3) is 6.08 Å². The summed E-state index contributed by atoms with van der Waals surface area (Å²) in [5.41, 5.74) is 6.33. The summed E-state index contributed by atoms with van der Waals surface area (Å²) in [4.78, 5) is 19.1. The molecular formula is C28H29N3O. The average molecular weight is 424 g/mol. The van der Waals surface area contributed by atoms with Crippen LogP contribution in [0.2, 0.25) is 0 Å². The van der Waals surface area contributed by atoms with Gasteiger partial charge in [-0.3, -0.25) is 4.98 Å². The van der Waals surface area contributed by atoms with Crippen molar-refractivity contribution < 1.29 is 4.79 Å². The lowest BCUT2D eigenvalue weighted by Crippen LogP contribution is -2.44. The number of benzene rings is 2. The predicted octanol–water partition coefficient (Wildman–Crippen LogP) is 5.42. The number of urea groups is 1. The van der Waals surface area contributed by atoms with Crippen LogP contribution >= 0.6 is 0 Å². The minimum absolute atomic E-state index is 0.0878. The summed E-state index contributed by atoms with van der Waals surface area (Å²) in [6, 6.07) is 25.6. The minimum atomic E-state index is 0.0878. The molecular weight excluding hydrogens is 394 g/mol. The van der Waals surface area contributed by atoms with E-state index in [2.05, 4.69) is 71.0 Å². The van der Waals surface area contributed by atoms with E-state index in [1.807, 2.05) is 29.3 Å². The van der Waals surface area contributed by atoms with Gasteiger partial charge in [-0.05, 0) is 48.1 Å². The highest BCUT2D eigenvalue weighted by molar-refractivity contribution is 5.75. The van der Waals surface area contributed by atoms with E-state index >= 15 is 0 Å². The van der Waals surface area contributed by atoms with E-state index in [1.54, 1.807) is 0 Å². The van der Waals surface area contributed by atoms with Crippen LogP contribution in [0, 0.1) is 0 Å². The second-order valence-electron chi connectivity index (χ2n) is 8.84. The molecule has 2 heterocycles. The van der Waals surface area contributed by atoms with Gasteiger partial charge in [0.25, 0.3) is 0 Å². The van der Waals surface area contributed by atoms with Crippen molar-refractivity contribution in [2.75, 3.05) is 13.1 Å². The number of nitrogens with zero attached hydrogens (tertiary/aromatic N) is 2. The molecule has 1 aliphatic carbocycles. The number of piperidine rings is 1. The summed E-state index contributed by atoms with van der Waals surface area (Å²) in [6.07, 6.45) is 7.90. The quantitative estimate of drug-likeness (QED) is 0.596. The Morgan fingerprint density at radius 2 is 1.81 bits per heavy atom. The van der Waals surface area contributed by atoms with Crippen LogP contribution in [0.5, 0.6) is 0 Å². The van der Waals surface area contributed by atoms with E-state index in [-0.39, 0.29) is 12.1 Å². The highest BCUT2D eigenvalue weighted by Gasteiger charge is 2.40. The van der Waals surface area contributed by atoms with Gasteiger partial charge in [0.05, 0.1) is 0 Å². The number of pyridine rings is 1. The second-order valence-corrected chi connectivity index (χ2v) is 8.84. The summed E-state index contributed by atoms with van der Waals surface area (Å²) >= 11 is 0. The van der Waals surface area contributed by atoms with Crippen molar-refractivity contribution in [3.8, 4) is 0 Å². The first kappa shape index (κ1) is 20.5. The molecule has 0 bridgehead atoms. The summed E-state index contributed by atoms with van der Waals surface area (Å²) in [5.74, 6) is 0.471. The SMILES string of the molecule is O=C(NC1CC1c1ccccc1)N1CCC(=Cc2cccc(Cc3ccccn3)c2)CC1. The molecule has 1 N–H and O–H groups in total. The van der Waals surface area contributed by atoms with Crippen LogP contribution in [-0.2, 0) is 6.42 Å². The maximum absolute atomic E-state index is 12.7. The minimum Gasteiger partial charge on any atom is -0.335 e. The Hall–Kier alpha value is -3.40. The molecule has 32 heavy (non-hydrogen) atoms. The van der Waals surface area contributed by atoms with E-state index < -0.39 is 0 Å². The number of carbonyl (C=O) groups excluding carboxylic acids is 1. The summed E-state index contributed by atoms with van der Waals surface area (Å²) in [6.45, 7) is 1.57. The molecule has 1 saturated heterocycles. The van der Waals surface area contributed by atoms with Gasteiger partial charge in [-0.2, -0.15) is 0 Å². The van der Waals surface area contributed by atoms with Crippen LogP contribution in [-0.4, -0.2) is 35.0 Å². The molecule has 2 aliphatic rings. The largest absolute Gasteiger partial charge is 0.335 e. The topological polar surface area (TPSA) is 45.2 Å². The van der Waals surface area contributed by atoms with Crippen molar-refractivity contribution in [3.05, 3.63) is 107 Å². The van der Waals surface area contributed by atoms with E-state index in [0.717, 1.165) is 44.5 Å². The molecule has 162 valence electrons. The Bertz CT molecular complexity index is 1080. The lowest BCUT2D eigenvalue weighted by molar-refractivity contribution is 0.193. The highest BCUT2D eigenvalue weighted by atomic mass is 16.2. The van der Waals surface area contributed by atoms with Gasteiger partial charge >= 0.3 is 6.03 Å². The number of likely N-dealkylation sites (tertiary alicyclic amines) is 1. The molecule has 2 atom stereocenters. The molecule has 1 aromatic heterocycles. The summed E-state index contributed by atoms with van der Waals surface area (Å²) < 4.78 is 0. The van der Waals surface area contributed by atoms with E-state index in [4.69, 9.17) is 0 Å². The first-order valence-electron chi connectivity index (χ1n) is 11.5. The predicted molar refractivity (Wildman–Crippen MR) is 128 cm³/mol. The number of nitrogens with one attached hydrogen (secondary N) is 1. The number of hydrogen-bond donors (Lipinski definition) is 1. The lowest BCUT2D eigenvalue weighted by atomic mass is 9.99. The Labute approximate surface area is 190 Å². The molecule has 0 radical (unpaired) electrons. The monoisotopic (exact) mass is 423 g/mol. The number of amides is 2. The maximum atomic E-state index is 12.7. The van der Waals surface area contributed by atoms with Crippen LogP contribution in [0.1, 0.15) is 47.6 Å². The van der Waals surface area contributed by atoms with Gasteiger partial charge in [0.15, 0.2) is 0 Å². The Kier molecular flexibility index (Phi) is 6.02. The maximum Gasteiger partial charge on any atom is 0.317 e. The van der Waals surface area contributed by atoms with Gasteiger partial charge in [0.1, 0.15) is 0 Å². The zero-order valence-corrected chi connectivity index (χ0v) is 18.3. The molecule has 0 spiro atoms. The molecule has 2 unspecified atom stereocenters. The van der Waals surface area contributed by atoms with Gasteiger partial charge in [0, 0.05) is 43.4 Å². The molecule has 5 rings (SSSR count). The average Bonchev–Trinajstić information content (AvgIpc) is 3.60. The van der Waals surface area contributed by atoms with Gasteiger partial charge in [-0.1, -0.05) is 72.3 Å². The number of hydrogen-bond acceptors (Lipinski definition) is 2. The Morgan fingerprint density at radius 1 is 1.00 bits per heavy atom. The van der Waals surface area contributed by atoms with Gasteiger partial charge in [-0.15, -0.1) is 0 Å². The zero-order chi connectivity index (χ0) is 21.8. The zero-order valence-electron chi connectivity index (χ0n) is 18.3. The van der Waals surface area contributed by atoms with Gasteiger partial charge < -0.3 is 10.2 Å². The smallest absolute Gasteiger partial charge is 0.317 e. The lowest BCUT2D eigenvalue weighted by Gasteiger charge is -2.28. The van der Waals surface area contributed by atoms with E-state index in [9.17, 15) is 4.79 Å². The fourth-order valence-corrected chi connectivity index (χ4v) is 4.55. The third-order valence-electron chi connectivity index (χ3n) is 6.45. The fraction of sp³-hybridized carbons (Fsp3) is 0.286. The molecule has 3 aromatic rings. The van der Waals surface area contributed by atoms with E-state index in [1.165, 1.54) is 22.3 Å². The Balaban J connectivity index is 1.13. The highest BCUT2D eigenvalue weighted by Crippen LogP contribution is 2.40. The van der Waals surface area contributed by atoms with Gasteiger partial charge in [-0.25, -0.2) is 4.79 Å². The molecule has 1 aliphatic heterocycles. The number of aromatic nitrogens is 1. The van der Waals surface area contributed by atoms with Crippen molar-refractivity contribution >= 4 is 12.1 Å². The van der Waals surface area contributed by atoms with Crippen molar-refractivity contribution in [2.24, 2.45) is 0 Å². The first-order valence-corrected chi connectivity index (χ1v) is 11.5. The Morgan fingerprint density at radius 3 is 2.59 bits per heavy atom. The van der Waals surface area contributed by atoms with Crippen molar-refractivity contribution in [1.82, 2.24) is 15.2 Å². The van der Waals surface area contributed by atoms with Crippen LogP contribution < -0.4 is 5.32 Å². The third-order valence-corrected chi connectivity index (χ3v) is 6.45. The normalized spacial score (nSPS) is 20.0. The second kappa shape index (κ2) is 9.39. The number of rotatable bonds is 5. The molecule has 1 saturated carbocycles. The van der Waals surface area contributed by atoms with E-state index in [0.29, 0.717) is 5.92 Å². The van der Waals surface area contributed by atoms with Crippen molar-refractivity contribution in [1.29, 1.82) is 0 Å². The standard InChI is InChI=1S/C28H29N3O/c32-28(30-27-20-26(27)24-9-2-1-3-10-24)31-15-12-21(13-16-31)17-22-7-6-8-23(18-22)19-25-11-4-5-14-29-25/h1-11,14,17-18,26-27H,12-13,15-16,19-20H2,(H,30,32). The first-order chi connectivity index (χ1) is 15.7. The summed E-state index contributed by atoms with van der Waals surface area (Å²) in [7, 11) is 0. The van der Waals surface area contributed by atoms with Crippen LogP contribution in [0.3, 0.4) is 0 Å². The molecule has 2 amide bonds. The molecule has 2 fully saturated rings. The molecule has 2 aromatic carbocycles. The third kappa shape index (κ3) is 5.08. The fourth-order valence-electron chi connectivity index (χ4n) is 4.55. The van der Waals surface area contributed by atoms with Crippen LogP contribution in [0.4, 0.5) is 4.79 Å². The van der Waals surface area contributed by atoms with Gasteiger partial charge in [0.2, 0.25) is 0 Å². The van der Waals surface area contributed by atoms with Crippen molar-refractivity contribution in [3.63, 3.8) is 0 Å².